The molecule has 0 N–H and O–H groups in total. The number of ether oxygens (including phenoxy) is 1. The molecule has 4 rings (SSSR count). The number of benzene rings is 2. The zero-order valence-electron chi connectivity index (χ0n) is 19.0. The van der Waals surface area contributed by atoms with Crippen molar-refractivity contribution in [3.63, 3.8) is 0 Å². The molecule has 7 nitrogen and oxygen atoms in total. The van der Waals surface area contributed by atoms with Gasteiger partial charge in [-0.05, 0) is 51.3 Å². The molecule has 0 saturated carbocycles. The number of aromatic nitrogens is 2. The second-order valence-corrected chi connectivity index (χ2v) is 8.96. The van der Waals surface area contributed by atoms with Gasteiger partial charge in [-0.2, -0.15) is 5.10 Å². The molecule has 1 aliphatic rings. The normalized spacial score (nSPS) is 16.5. The van der Waals surface area contributed by atoms with E-state index < -0.39 is 11.6 Å². The number of nitrogens with zero attached hydrogens (tertiary/aromatic N) is 3. The van der Waals surface area contributed by atoms with E-state index in [1.54, 1.807) is 15.6 Å². The minimum absolute atomic E-state index is 0. The largest absolute Gasteiger partial charge is 1.00 e. The predicted molar refractivity (Wildman–Crippen MR) is 115 cm³/mol. The van der Waals surface area contributed by atoms with Gasteiger partial charge in [0.1, 0.15) is 11.1 Å². The van der Waals surface area contributed by atoms with Gasteiger partial charge in [0.05, 0.1) is 11.7 Å². The summed E-state index contributed by atoms with van der Waals surface area (Å²) in [5.41, 5.74) is 1.98. The summed E-state index contributed by atoms with van der Waals surface area (Å²) in [4.78, 5) is 25.6. The standard InChI is InChI=1S/C24H27N3O4.Li/c1-24(2,3)31-23(30)26-13-5-7-17(14-26)16-9-11-19(12-10-16)27-15-18-6-4-8-20(22(28)29)21(18)25-27;/h4,6,8-12,15,17H,5,7,13-14H2,1-3H3,(H,28,29);/q;+1/p-1/t17-;/m0./s1. The van der Waals surface area contributed by atoms with E-state index in [1.165, 1.54) is 6.07 Å². The summed E-state index contributed by atoms with van der Waals surface area (Å²) in [6, 6.07) is 13.0. The van der Waals surface area contributed by atoms with E-state index in [0.29, 0.717) is 18.6 Å². The van der Waals surface area contributed by atoms with Gasteiger partial charge in [0.25, 0.3) is 0 Å². The Morgan fingerprint density at radius 2 is 1.84 bits per heavy atom. The number of piperidine rings is 1. The quantitative estimate of drug-likeness (QED) is 0.569. The van der Waals surface area contributed by atoms with Crippen molar-refractivity contribution in [3.05, 3.63) is 59.8 Å². The van der Waals surface area contributed by atoms with Gasteiger partial charge in [0.15, 0.2) is 0 Å². The first-order valence-corrected chi connectivity index (χ1v) is 10.5. The number of rotatable bonds is 3. The minimum Gasteiger partial charge on any atom is -0.545 e. The zero-order chi connectivity index (χ0) is 22.2. The molecule has 2 heterocycles. The number of carbonyl (C=O) groups is 2. The van der Waals surface area contributed by atoms with Crippen molar-refractivity contribution in [2.24, 2.45) is 0 Å². The molecule has 1 fully saturated rings. The molecular weight excluding hydrogens is 401 g/mol. The van der Waals surface area contributed by atoms with Crippen LogP contribution in [0.4, 0.5) is 4.79 Å². The van der Waals surface area contributed by atoms with Crippen LogP contribution < -0.4 is 24.0 Å². The van der Waals surface area contributed by atoms with E-state index in [4.69, 9.17) is 4.74 Å². The van der Waals surface area contributed by atoms with Gasteiger partial charge in [-0.1, -0.05) is 30.3 Å². The third-order valence-corrected chi connectivity index (χ3v) is 5.46. The fourth-order valence-corrected chi connectivity index (χ4v) is 3.98. The van der Waals surface area contributed by atoms with Crippen molar-refractivity contribution >= 4 is 23.0 Å². The molecule has 1 aliphatic heterocycles. The summed E-state index contributed by atoms with van der Waals surface area (Å²) in [7, 11) is 0. The van der Waals surface area contributed by atoms with Crippen LogP contribution in [0.3, 0.4) is 0 Å². The van der Waals surface area contributed by atoms with Crippen LogP contribution in [0.1, 0.15) is 55.5 Å². The Labute approximate surface area is 199 Å². The maximum Gasteiger partial charge on any atom is 1.00 e. The zero-order valence-corrected chi connectivity index (χ0v) is 19.0. The molecule has 1 atom stereocenters. The summed E-state index contributed by atoms with van der Waals surface area (Å²) < 4.78 is 7.20. The summed E-state index contributed by atoms with van der Waals surface area (Å²) in [5, 5.41) is 16.5. The fraction of sp³-hybridized carbons (Fsp3) is 0.375. The van der Waals surface area contributed by atoms with Crippen LogP contribution in [0.25, 0.3) is 16.6 Å². The molecule has 1 aromatic heterocycles. The fourth-order valence-electron chi connectivity index (χ4n) is 3.98. The Kier molecular flexibility index (Phi) is 7.02. The molecular formula is C24H26LiN3O4. The SMILES string of the molecule is CC(C)(C)OC(=O)N1CCC[C@H](c2ccc(-n3cc4cccc(C(=O)[O-])c4n3)cc2)C1.[Li+]. The van der Waals surface area contributed by atoms with E-state index in [0.717, 1.165) is 29.5 Å². The van der Waals surface area contributed by atoms with Gasteiger partial charge in [-0.15, -0.1) is 0 Å². The molecule has 8 heteroatoms. The second-order valence-electron chi connectivity index (χ2n) is 8.96. The second kappa shape index (κ2) is 9.39. The number of likely N-dealkylation sites (tertiary alicyclic amines) is 1. The minimum atomic E-state index is -1.24. The van der Waals surface area contributed by atoms with Gasteiger partial charge in [0, 0.05) is 36.2 Å². The van der Waals surface area contributed by atoms with E-state index in [2.05, 4.69) is 5.10 Å². The molecule has 1 saturated heterocycles. The van der Waals surface area contributed by atoms with E-state index in [-0.39, 0.29) is 36.4 Å². The molecule has 32 heavy (non-hydrogen) atoms. The molecule has 2 aromatic carbocycles. The first-order chi connectivity index (χ1) is 14.7. The third kappa shape index (κ3) is 5.17. The van der Waals surface area contributed by atoms with Gasteiger partial charge in [-0.25, -0.2) is 9.48 Å². The molecule has 3 aromatic rings. The van der Waals surface area contributed by atoms with Crippen LogP contribution in [0.5, 0.6) is 0 Å². The molecule has 0 radical (unpaired) electrons. The molecule has 0 unspecified atom stereocenters. The number of carboxylic acid groups (broad SMARTS) is 1. The van der Waals surface area contributed by atoms with Crippen LogP contribution in [0, 0.1) is 0 Å². The monoisotopic (exact) mass is 427 g/mol. The van der Waals surface area contributed by atoms with Crippen molar-refractivity contribution in [3.8, 4) is 5.69 Å². The molecule has 0 bridgehead atoms. The maximum absolute atomic E-state index is 12.4. The maximum atomic E-state index is 12.4. The smallest absolute Gasteiger partial charge is 0.545 e. The molecule has 1 amide bonds. The number of hydrogen-bond acceptors (Lipinski definition) is 5. The van der Waals surface area contributed by atoms with Crippen LogP contribution >= 0.6 is 0 Å². The topological polar surface area (TPSA) is 87.5 Å². The summed E-state index contributed by atoms with van der Waals surface area (Å²) in [5.74, 6) is -0.991. The van der Waals surface area contributed by atoms with E-state index in [1.807, 2.05) is 57.3 Å². The Morgan fingerprint density at radius 1 is 1.12 bits per heavy atom. The Hall–Kier alpha value is -2.75. The van der Waals surface area contributed by atoms with Gasteiger partial charge in [-0.3, -0.25) is 0 Å². The van der Waals surface area contributed by atoms with Gasteiger partial charge >= 0.3 is 25.0 Å². The summed E-state index contributed by atoms with van der Waals surface area (Å²) >= 11 is 0. The van der Waals surface area contributed by atoms with E-state index in [9.17, 15) is 14.7 Å². The average molecular weight is 427 g/mol. The van der Waals surface area contributed by atoms with Gasteiger partial charge < -0.3 is 19.5 Å². The van der Waals surface area contributed by atoms with Crippen molar-refractivity contribution in [2.75, 3.05) is 13.1 Å². The number of amides is 1. The Balaban J connectivity index is 0.00000289. The molecule has 0 aliphatic carbocycles. The summed E-state index contributed by atoms with van der Waals surface area (Å²) in [6.07, 6.45) is 3.49. The first-order valence-electron chi connectivity index (χ1n) is 10.5. The Morgan fingerprint density at radius 3 is 2.50 bits per heavy atom. The van der Waals surface area contributed by atoms with Crippen molar-refractivity contribution in [2.45, 2.75) is 45.1 Å². The average Bonchev–Trinajstić information content (AvgIpc) is 3.17. The van der Waals surface area contributed by atoms with Crippen LogP contribution in [-0.2, 0) is 4.74 Å². The van der Waals surface area contributed by atoms with Crippen LogP contribution in [0.2, 0.25) is 0 Å². The van der Waals surface area contributed by atoms with E-state index >= 15 is 0 Å². The number of carboxylic acids is 1. The molecule has 0 spiro atoms. The van der Waals surface area contributed by atoms with Crippen molar-refractivity contribution in [1.82, 2.24) is 14.7 Å². The number of carbonyl (C=O) groups excluding carboxylic acids is 2. The number of fused-ring (bicyclic) bond motifs is 1. The van der Waals surface area contributed by atoms with Gasteiger partial charge in [0.2, 0.25) is 0 Å². The first kappa shape index (κ1) is 23.9. The van der Waals surface area contributed by atoms with Crippen molar-refractivity contribution < 1.29 is 38.3 Å². The van der Waals surface area contributed by atoms with Crippen molar-refractivity contribution in [1.29, 1.82) is 0 Å². The van der Waals surface area contributed by atoms with Crippen LogP contribution in [0.15, 0.2) is 48.7 Å². The Bertz CT molecular complexity index is 1120. The van der Waals surface area contributed by atoms with Crippen LogP contribution in [-0.4, -0.2) is 45.4 Å². The predicted octanol–water partition coefficient (Wildman–Crippen LogP) is 0.508. The number of hydrogen-bond donors (Lipinski definition) is 0. The summed E-state index contributed by atoms with van der Waals surface area (Å²) in [6.45, 7) is 6.97. The molecule has 162 valence electrons. The third-order valence-electron chi connectivity index (χ3n) is 5.46. The number of aromatic carboxylic acids is 1.